The molecular formula is C21H26N2O2S. The number of pyridine rings is 1. The molecule has 0 saturated heterocycles. The second kappa shape index (κ2) is 9.74. The van der Waals surface area contributed by atoms with E-state index in [1.807, 2.05) is 42.5 Å². The molecule has 0 radical (unpaired) electrons. The number of carbonyl (C=O) groups is 1. The second-order valence-electron chi connectivity index (χ2n) is 6.72. The smallest absolute Gasteiger partial charge is 0.251 e. The molecule has 0 aliphatic heterocycles. The quantitative estimate of drug-likeness (QED) is 0.726. The van der Waals surface area contributed by atoms with Crippen molar-refractivity contribution in [3.63, 3.8) is 0 Å². The molecule has 2 aromatic rings. The average Bonchev–Trinajstić information content (AvgIpc) is 2.68. The summed E-state index contributed by atoms with van der Waals surface area (Å²) in [6.07, 6.45) is 7.09. The highest BCUT2D eigenvalue weighted by Gasteiger charge is 2.21. The van der Waals surface area contributed by atoms with E-state index in [0.29, 0.717) is 30.7 Å². The Bertz CT molecular complexity index is 691. The predicted molar refractivity (Wildman–Crippen MR) is 105 cm³/mol. The first-order chi connectivity index (χ1) is 12.7. The van der Waals surface area contributed by atoms with Crippen molar-refractivity contribution in [3.8, 4) is 0 Å². The fourth-order valence-corrected chi connectivity index (χ4v) is 3.98. The summed E-state index contributed by atoms with van der Waals surface area (Å²) >= 11 is 1.58. The number of amides is 1. The summed E-state index contributed by atoms with van der Waals surface area (Å²) in [5, 5.41) is 3.88. The Morgan fingerprint density at radius 1 is 1.19 bits per heavy atom. The molecule has 5 heteroatoms. The standard InChI is InChI=1S/C21H26N2O2S/c1-16-6-2-3-7-19(16)25-15-14-23-21(24)17-9-11-18(12-10-17)26-20-8-4-5-13-22-20/h4-5,8-13,16,19H,2-3,6-7,14-15H2,1H3,(H,23,24). The summed E-state index contributed by atoms with van der Waals surface area (Å²) in [7, 11) is 0. The molecule has 0 bridgehead atoms. The van der Waals surface area contributed by atoms with Crippen LogP contribution in [0.4, 0.5) is 0 Å². The molecule has 1 aliphatic rings. The summed E-state index contributed by atoms with van der Waals surface area (Å²) in [4.78, 5) is 17.6. The Labute approximate surface area is 159 Å². The van der Waals surface area contributed by atoms with Gasteiger partial charge in [-0.25, -0.2) is 4.98 Å². The number of ether oxygens (including phenoxy) is 1. The van der Waals surface area contributed by atoms with Gasteiger partial charge >= 0.3 is 0 Å². The molecule has 2 unspecified atom stereocenters. The lowest BCUT2D eigenvalue weighted by molar-refractivity contribution is -0.00293. The van der Waals surface area contributed by atoms with E-state index in [4.69, 9.17) is 4.74 Å². The highest BCUT2D eigenvalue weighted by molar-refractivity contribution is 7.99. The van der Waals surface area contributed by atoms with Gasteiger partial charge in [0, 0.05) is 23.2 Å². The minimum absolute atomic E-state index is 0.0559. The van der Waals surface area contributed by atoms with Gasteiger partial charge in [0.1, 0.15) is 5.03 Å². The van der Waals surface area contributed by atoms with Crippen molar-refractivity contribution >= 4 is 17.7 Å². The Kier molecular flexibility index (Phi) is 7.09. The molecule has 1 amide bonds. The lowest BCUT2D eigenvalue weighted by Gasteiger charge is -2.28. The van der Waals surface area contributed by atoms with Gasteiger partial charge in [-0.1, -0.05) is 37.6 Å². The van der Waals surface area contributed by atoms with Gasteiger partial charge in [0.15, 0.2) is 0 Å². The molecule has 1 aliphatic carbocycles. The van der Waals surface area contributed by atoms with Gasteiger partial charge in [0.05, 0.1) is 12.7 Å². The SMILES string of the molecule is CC1CCCCC1OCCNC(=O)c1ccc(Sc2ccccn2)cc1. The van der Waals surface area contributed by atoms with Crippen LogP contribution in [0.25, 0.3) is 0 Å². The molecule has 1 N–H and O–H groups in total. The fourth-order valence-electron chi connectivity index (χ4n) is 3.21. The largest absolute Gasteiger partial charge is 0.376 e. The van der Waals surface area contributed by atoms with Crippen LogP contribution in [0.15, 0.2) is 58.6 Å². The number of nitrogens with one attached hydrogen (secondary N) is 1. The van der Waals surface area contributed by atoms with Crippen LogP contribution in [0.5, 0.6) is 0 Å². The third kappa shape index (κ3) is 5.58. The third-order valence-electron chi connectivity index (χ3n) is 4.73. The zero-order valence-electron chi connectivity index (χ0n) is 15.2. The highest BCUT2D eigenvalue weighted by atomic mass is 32.2. The van der Waals surface area contributed by atoms with Gasteiger partial charge in [-0.15, -0.1) is 0 Å². The van der Waals surface area contributed by atoms with Crippen LogP contribution in [-0.2, 0) is 4.74 Å². The molecule has 1 aromatic heterocycles. The summed E-state index contributed by atoms with van der Waals surface area (Å²) in [5.74, 6) is 0.572. The molecule has 2 atom stereocenters. The van der Waals surface area contributed by atoms with Crippen LogP contribution in [-0.4, -0.2) is 30.1 Å². The van der Waals surface area contributed by atoms with Crippen molar-refractivity contribution in [1.82, 2.24) is 10.3 Å². The topological polar surface area (TPSA) is 51.2 Å². The normalized spacial score (nSPS) is 19.9. The van der Waals surface area contributed by atoms with E-state index < -0.39 is 0 Å². The predicted octanol–water partition coefficient (Wildman–Crippen LogP) is 4.56. The maximum absolute atomic E-state index is 12.2. The minimum atomic E-state index is -0.0559. The number of benzene rings is 1. The van der Waals surface area contributed by atoms with Crippen LogP contribution in [0.1, 0.15) is 43.0 Å². The van der Waals surface area contributed by atoms with Crippen LogP contribution < -0.4 is 5.32 Å². The lowest BCUT2D eigenvalue weighted by Crippen LogP contribution is -2.31. The van der Waals surface area contributed by atoms with Gasteiger partial charge in [-0.05, 0) is 55.2 Å². The van der Waals surface area contributed by atoms with E-state index in [-0.39, 0.29) is 5.91 Å². The van der Waals surface area contributed by atoms with E-state index >= 15 is 0 Å². The summed E-state index contributed by atoms with van der Waals surface area (Å²) < 4.78 is 5.94. The van der Waals surface area contributed by atoms with E-state index in [2.05, 4.69) is 17.2 Å². The van der Waals surface area contributed by atoms with Crippen LogP contribution >= 0.6 is 11.8 Å². The molecule has 0 spiro atoms. The third-order valence-corrected chi connectivity index (χ3v) is 5.69. The lowest BCUT2D eigenvalue weighted by atomic mass is 9.88. The number of rotatable bonds is 7. The first-order valence-electron chi connectivity index (χ1n) is 9.31. The van der Waals surface area contributed by atoms with E-state index in [9.17, 15) is 4.79 Å². The first kappa shape index (κ1) is 18.9. The van der Waals surface area contributed by atoms with Crippen molar-refractivity contribution < 1.29 is 9.53 Å². The van der Waals surface area contributed by atoms with Crippen molar-refractivity contribution in [1.29, 1.82) is 0 Å². The average molecular weight is 371 g/mol. The monoisotopic (exact) mass is 370 g/mol. The molecule has 1 fully saturated rings. The summed E-state index contributed by atoms with van der Waals surface area (Å²) in [5.41, 5.74) is 0.668. The van der Waals surface area contributed by atoms with Crippen LogP contribution in [0.2, 0.25) is 0 Å². The summed E-state index contributed by atoms with van der Waals surface area (Å²) in [6, 6.07) is 13.4. The first-order valence-corrected chi connectivity index (χ1v) is 10.1. The van der Waals surface area contributed by atoms with Crippen molar-refractivity contribution in [2.75, 3.05) is 13.2 Å². The molecule has 1 saturated carbocycles. The maximum Gasteiger partial charge on any atom is 0.251 e. The zero-order chi connectivity index (χ0) is 18.2. The molecule has 138 valence electrons. The highest BCUT2D eigenvalue weighted by Crippen LogP contribution is 2.26. The van der Waals surface area contributed by atoms with E-state index in [1.165, 1.54) is 19.3 Å². The van der Waals surface area contributed by atoms with Gasteiger partial charge in [-0.3, -0.25) is 4.79 Å². The van der Waals surface area contributed by atoms with E-state index in [1.54, 1.807) is 18.0 Å². The number of nitrogens with zero attached hydrogens (tertiary/aromatic N) is 1. The molecule has 4 nitrogen and oxygen atoms in total. The van der Waals surface area contributed by atoms with E-state index in [0.717, 1.165) is 16.3 Å². The number of hydrogen-bond acceptors (Lipinski definition) is 4. The van der Waals surface area contributed by atoms with Crippen molar-refractivity contribution in [2.45, 2.75) is 48.6 Å². The van der Waals surface area contributed by atoms with Gasteiger partial charge in [-0.2, -0.15) is 0 Å². The Hall–Kier alpha value is -1.85. The van der Waals surface area contributed by atoms with Gasteiger partial charge in [0.2, 0.25) is 0 Å². The fraction of sp³-hybridized carbons (Fsp3) is 0.429. The van der Waals surface area contributed by atoms with Gasteiger partial charge < -0.3 is 10.1 Å². The number of carbonyl (C=O) groups excluding carboxylic acids is 1. The summed E-state index contributed by atoms with van der Waals surface area (Å²) in [6.45, 7) is 3.38. The molecule has 3 rings (SSSR count). The van der Waals surface area contributed by atoms with Gasteiger partial charge in [0.25, 0.3) is 5.91 Å². The molecule has 26 heavy (non-hydrogen) atoms. The van der Waals surface area contributed by atoms with Crippen molar-refractivity contribution in [2.24, 2.45) is 5.92 Å². The number of hydrogen-bond donors (Lipinski definition) is 1. The van der Waals surface area contributed by atoms with Crippen molar-refractivity contribution in [3.05, 3.63) is 54.2 Å². The Morgan fingerprint density at radius 2 is 2.00 bits per heavy atom. The molecule has 1 aromatic carbocycles. The molecular weight excluding hydrogens is 344 g/mol. The Morgan fingerprint density at radius 3 is 2.73 bits per heavy atom. The Balaban J connectivity index is 1.41. The zero-order valence-corrected chi connectivity index (χ0v) is 16.0. The minimum Gasteiger partial charge on any atom is -0.376 e. The van der Waals surface area contributed by atoms with Crippen LogP contribution in [0.3, 0.4) is 0 Å². The molecule has 1 heterocycles. The maximum atomic E-state index is 12.2. The second-order valence-corrected chi connectivity index (χ2v) is 7.82. The van der Waals surface area contributed by atoms with Crippen LogP contribution in [0, 0.1) is 5.92 Å². The number of aromatic nitrogens is 1.